The quantitative estimate of drug-likeness (QED) is 0.628. The molecule has 68 valence electrons. The van der Waals surface area contributed by atoms with Crippen molar-refractivity contribution in [3.8, 4) is 0 Å². The van der Waals surface area contributed by atoms with Crippen LogP contribution in [0, 0.1) is 0 Å². The summed E-state index contributed by atoms with van der Waals surface area (Å²) in [6, 6.07) is 0. The minimum atomic E-state index is -0.0209. The molecule has 0 unspecified atom stereocenters. The van der Waals surface area contributed by atoms with Crippen LogP contribution in [-0.4, -0.2) is 5.91 Å². The molecule has 0 atom stereocenters. The molecule has 0 radical (unpaired) electrons. The van der Waals surface area contributed by atoms with E-state index in [1.165, 1.54) is 6.92 Å². The van der Waals surface area contributed by atoms with E-state index >= 15 is 0 Å². The van der Waals surface area contributed by atoms with E-state index in [1.54, 1.807) is 0 Å². The Hall–Kier alpha value is -1.05. The van der Waals surface area contributed by atoms with Gasteiger partial charge in [0.1, 0.15) is 0 Å². The molecular formula is C10H17NO. The maximum atomic E-state index is 10.8. The number of hydrogen-bond acceptors (Lipinski definition) is 1. The normalized spacial score (nSPS) is 10.9. The summed E-state index contributed by atoms with van der Waals surface area (Å²) in [7, 11) is 0. The molecule has 12 heavy (non-hydrogen) atoms. The largest absolute Gasteiger partial charge is 0.326 e. The van der Waals surface area contributed by atoms with Gasteiger partial charge in [0, 0.05) is 12.6 Å². The second kappa shape index (κ2) is 4.75. The zero-order valence-corrected chi connectivity index (χ0v) is 8.49. The summed E-state index contributed by atoms with van der Waals surface area (Å²) in [5, 5.41) is 2.80. The molecule has 1 amide bonds. The summed E-state index contributed by atoms with van der Waals surface area (Å²) >= 11 is 0. The second-order valence-corrected chi connectivity index (χ2v) is 3.03. The van der Waals surface area contributed by atoms with Gasteiger partial charge in [-0.1, -0.05) is 11.6 Å². The van der Waals surface area contributed by atoms with E-state index in [-0.39, 0.29) is 5.91 Å². The van der Waals surface area contributed by atoms with Crippen molar-refractivity contribution in [2.45, 2.75) is 34.6 Å². The molecule has 0 rings (SSSR count). The predicted octanol–water partition coefficient (Wildman–Crippen LogP) is 2.38. The lowest BCUT2D eigenvalue weighted by Gasteiger charge is -2.10. The van der Waals surface area contributed by atoms with Crippen molar-refractivity contribution in [3.05, 3.63) is 22.9 Å². The van der Waals surface area contributed by atoms with E-state index in [4.69, 9.17) is 0 Å². The lowest BCUT2D eigenvalue weighted by Crippen LogP contribution is -2.20. The van der Waals surface area contributed by atoms with Crippen LogP contribution in [0.4, 0.5) is 0 Å². The van der Waals surface area contributed by atoms with Crippen LogP contribution >= 0.6 is 0 Å². The minimum Gasteiger partial charge on any atom is -0.326 e. The molecule has 0 saturated heterocycles. The third-order valence-electron chi connectivity index (χ3n) is 1.63. The van der Waals surface area contributed by atoms with Crippen molar-refractivity contribution in [2.24, 2.45) is 0 Å². The fourth-order valence-electron chi connectivity index (χ4n) is 0.938. The molecular weight excluding hydrogens is 150 g/mol. The molecule has 0 aliphatic carbocycles. The maximum absolute atomic E-state index is 10.8. The topological polar surface area (TPSA) is 29.1 Å². The lowest BCUT2D eigenvalue weighted by atomic mass is 10.1. The molecule has 0 aromatic heterocycles. The molecule has 0 aromatic rings. The first-order chi connectivity index (χ1) is 5.49. The standard InChI is InChI=1S/C10H17NO/c1-6-8(4)10(7(2)3)11-9(5)12/h6H,1-5H3,(H,11,12)/b8-6-. The van der Waals surface area contributed by atoms with Gasteiger partial charge in [-0.25, -0.2) is 0 Å². The van der Waals surface area contributed by atoms with Crippen LogP contribution in [0.3, 0.4) is 0 Å². The zero-order valence-electron chi connectivity index (χ0n) is 8.49. The monoisotopic (exact) mass is 167 g/mol. The first-order valence-corrected chi connectivity index (χ1v) is 4.07. The molecule has 2 heteroatoms. The van der Waals surface area contributed by atoms with E-state index < -0.39 is 0 Å². The predicted molar refractivity (Wildman–Crippen MR) is 51.6 cm³/mol. The Bertz CT molecular complexity index is 232. The van der Waals surface area contributed by atoms with Crippen LogP contribution in [0.5, 0.6) is 0 Å². The van der Waals surface area contributed by atoms with Gasteiger partial charge in [0.25, 0.3) is 0 Å². The summed E-state index contributed by atoms with van der Waals surface area (Å²) in [6.45, 7) is 9.43. The first kappa shape index (κ1) is 11.0. The molecule has 0 spiro atoms. The van der Waals surface area contributed by atoms with E-state index in [9.17, 15) is 4.79 Å². The Morgan fingerprint density at radius 3 is 1.92 bits per heavy atom. The molecule has 2 nitrogen and oxygen atoms in total. The van der Waals surface area contributed by atoms with Crippen LogP contribution in [0.1, 0.15) is 34.6 Å². The van der Waals surface area contributed by atoms with Gasteiger partial charge in [-0.05, 0) is 33.3 Å². The Morgan fingerprint density at radius 2 is 1.67 bits per heavy atom. The maximum Gasteiger partial charge on any atom is 0.221 e. The Labute approximate surface area is 74.4 Å². The number of allylic oxidation sites excluding steroid dienone is 3. The highest BCUT2D eigenvalue weighted by Crippen LogP contribution is 2.10. The molecule has 0 aliphatic heterocycles. The Kier molecular flexibility index (Phi) is 4.34. The van der Waals surface area contributed by atoms with Crippen LogP contribution in [0.2, 0.25) is 0 Å². The fourth-order valence-corrected chi connectivity index (χ4v) is 0.938. The Balaban J connectivity index is 4.71. The van der Waals surface area contributed by atoms with Crippen LogP contribution in [0.25, 0.3) is 0 Å². The van der Waals surface area contributed by atoms with E-state index in [1.807, 2.05) is 33.8 Å². The van der Waals surface area contributed by atoms with Crippen LogP contribution < -0.4 is 5.32 Å². The third-order valence-corrected chi connectivity index (χ3v) is 1.63. The number of carbonyl (C=O) groups is 1. The number of rotatable bonds is 2. The van der Waals surface area contributed by atoms with Crippen molar-refractivity contribution in [2.75, 3.05) is 0 Å². The number of amides is 1. The van der Waals surface area contributed by atoms with Gasteiger partial charge in [0.2, 0.25) is 5.91 Å². The number of hydrogen-bond donors (Lipinski definition) is 1. The first-order valence-electron chi connectivity index (χ1n) is 4.07. The van der Waals surface area contributed by atoms with Crippen molar-refractivity contribution in [1.29, 1.82) is 0 Å². The molecule has 0 heterocycles. The summed E-state index contributed by atoms with van der Waals surface area (Å²) in [6.07, 6.45) is 1.98. The average molecular weight is 167 g/mol. The van der Waals surface area contributed by atoms with Crippen LogP contribution in [-0.2, 0) is 4.79 Å². The van der Waals surface area contributed by atoms with Gasteiger partial charge < -0.3 is 5.32 Å². The zero-order chi connectivity index (χ0) is 9.72. The molecule has 0 saturated carbocycles. The van der Waals surface area contributed by atoms with E-state index in [2.05, 4.69) is 5.32 Å². The SMILES string of the molecule is C/C=C(/C)C(NC(C)=O)=C(C)C. The molecule has 0 aromatic carbocycles. The van der Waals surface area contributed by atoms with Gasteiger partial charge in [0.15, 0.2) is 0 Å². The van der Waals surface area contributed by atoms with Crippen molar-refractivity contribution in [3.63, 3.8) is 0 Å². The van der Waals surface area contributed by atoms with Gasteiger partial charge in [-0.15, -0.1) is 0 Å². The summed E-state index contributed by atoms with van der Waals surface area (Å²) in [4.78, 5) is 10.8. The molecule has 0 aliphatic rings. The number of nitrogens with one attached hydrogen (secondary N) is 1. The summed E-state index contributed by atoms with van der Waals surface area (Å²) in [5.74, 6) is -0.0209. The summed E-state index contributed by atoms with van der Waals surface area (Å²) in [5.41, 5.74) is 3.16. The molecule has 0 bridgehead atoms. The van der Waals surface area contributed by atoms with Crippen molar-refractivity contribution < 1.29 is 4.79 Å². The van der Waals surface area contributed by atoms with Gasteiger partial charge in [-0.3, -0.25) is 4.79 Å². The van der Waals surface area contributed by atoms with Crippen molar-refractivity contribution in [1.82, 2.24) is 5.32 Å². The summed E-state index contributed by atoms with van der Waals surface area (Å²) < 4.78 is 0. The highest BCUT2D eigenvalue weighted by molar-refractivity contribution is 5.76. The fraction of sp³-hybridized carbons (Fsp3) is 0.500. The lowest BCUT2D eigenvalue weighted by molar-refractivity contribution is -0.118. The van der Waals surface area contributed by atoms with Crippen LogP contribution in [0.15, 0.2) is 22.9 Å². The highest BCUT2D eigenvalue weighted by Gasteiger charge is 2.02. The number of carbonyl (C=O) groups excluding carboxylic acids is 1. The highest BCUT2D eigenvalue weighted by atomic mass is 16.1. The second-order valence-electron chi connectivity index (χ2n) is 3.03. The average Bonchev–Trinajstić information content (AvgIpc) is 1.98. The van der Waals surface area contributed by atoms with E-state index in [0.29, 0.717) is 0 Å². The minimum absolute atomic E-state index is 0.0209. The van der Waals surface area contributed by atoms with E-state index in [0.717, 1.165) is 16.8 Å². The van der Waals surface area contributed by atoms with Gasteiger partial charge >= 0.3 is 0 Å². The smallest absolute Gasteiger partial charge is 0.221 e. The Morgan fingerprint density at radius 1 is 1.17 bits per heavy atom. The van der Waals surface area contributed by atoms with Gasteiger partial charge in [0.05, 0.1) is 0 Å². The van der Waals surface area contributed by atoms with Gasteiger partial charge in [-0.2, -0.15) is 0 Å². The van der Waals surface area contributed by atoms with Crippen molar-refractivity contribution >= 4 is 5.91 Å². The third kappa shape index (κ3) is 3.37. The molecule has 0 fully saturated rings. The molecule has 1 N–H and O–H groups in total.